The fourth-order valence-corrected chi connectivity index (χ4v) is 4.20. The number of amides is 1. The van der Waals surface area contributed by atoms with Gasteiger partial charge in [-0.1, -0.05) is 17.7 Å². The number of carbonyl (C=O) groups excluding carboxylic acids is 1. The van der Waals surface area contributed by atoms with Crippen LogP contribution in [0.15, 0.2) is 47.5 Å². The molecule has 5 aromatic heterocycles. The molecule has 6 heterocycles. The van der Waals surface area contributed by atoms with Crippen LogP contribution in [0.3, 0.4) is 0 Å². The van der Waals surface area contributed by atoms with E-state index in [0.717, 1.165) is 16.9 Å². The Kier molecular flexibility index (Phi) is 4.12. The zero-order valence-electron chi connectivity index (χ0n) is 16.8. The van der Waals surface area contributed by atoms with Crippen LogP contribution in [0.1, 0.15) is 33.8 Å². The van der Waals surface area contributed by atoms with Crippen LogP contribution in [0.5, 0.6) is 0 Å². The van der Waals surface area contributed by atoms with Crippen molar-refractivity contribution in [3.63, 3.8) is 0 Å². The molecule has 11 nitrogen and oxygen atoms in total. The summed E-state index contributed by atoms with van der Waals surface area (Å²) in [4.78, 5) is 26.9. The topological polar surface area (TPSA) is 123 Å². The van der Waals surface area contributed by atoms with Crippen molar-refractivity contribution < 1.29 is 9.21 Å². The number of halogens is 1. The maximum atomic E-state index is 13.5. The van der Waals surface area contributed by atoms with E-state index in [-0.39, 0.29) is 11.8 Å². The van der Waals surface area contributed by atoms with Gasteiger partial charge in [0.2, 0.25) is 0 Å². The lowest BCUT2D eigenvalue weighted by atomic mass is 9.99. The van der Waals surface area contributed by atoms with E-state index >= 15 is 0 Å². The van der Waals surface area contributed by atoms with E-state index in [0.29, 0.717) is 29.5 Å². The predicted molar refractivity (Wildman–Crippen MR) is 112 cm³/mol. The fourth-order valence-electron chi connectivity index (χ4n) is 3.99. The number of nitrogens with one attached hydrogen (secondary N) is 1. The fraction of sp³-hybridized carbons (Fsp3) is 0.200. The van der Waals surface area contributed by atoms with E-state index in [9.17, 15) is 4.79 Å². The summed E-state index contributed by atoms with van der Waals surface area (Å²) in [6.45, 7) is 0.432. The number of fused-ring (bicyclic) bond motifs is 2. The summed E-state index contributed by atoms with van der Waals surface area (Å²) in [6, 6.07) is 6.88. The Hall–Kier alpha value is -3.99. The smallest absolute Gasteiger partial charge is 0.312 e. The molecule has 5 aromatic rings. The van der Waals surface area contributed by atoms with Crippen LogP contribution in [0.4, 0.5) is 0 Å². The van der Waals surface area contributed by atoms with Gasteiger partial charge in [-0.25, -0.2) is 14.5 Å². The van der Waals surface area contributed by atoms with Gasteiger partial charge in [0, 0.05) is 31.9 Å². The molecule has 0 bridgehead atoms. The zero-order valence-corrected chi connectivity index (χ0v) is 17.6. The van der Waals surface area contributed by atoms with Crippen molar-refractivity contribution in [2.75, 3.05) is 6.54 Å². The highest BCUT2D eigenvalue weighted by atomic mass is 35.5. The first-order chi connectivity index (χ1) is 15.6. The molecular weight excluding hydrogens is 434 g/mol. The molecule has 0 aliphatic carbocycles. The molecule has 32 heavy (non-hydrogen) atoms. The molecule has 1 atom stereocenters. The molecule has 1 N–H and O–H groups in total. The van der Waals surface area contributed by atoms with E-state index in [1.165, 1.54) is 0 Å². The molecule has 0 aromatic carbocycles. The molecule has 0 fully saturated rings. The Bertz CT molecular complexity index is 1460. The maximum Gasteiger partial charge on any atom is 0.312 e. The van der Waals surface area contributed by atoms with Crippen LogP contribution in [0.25, 0.3) is 17.1 Å². The summed E-state index contributed by atoms with van der Waals surface area (Å²) in [5, 5.41) is 13.1. The minimum absolute atomic E-state index is 0.114. The van der Waals surface area contributed by atoms with Crippen LogP contribution in [-0.2, 0) is 13.5 Å². The largest absolute Gasteiger partial charge is 0.411 e. The highest BCUT2D eigenvalue weighted by Gasteiger charge is 2.38. The Balaban J connectivity index is 1.41. The van der Waals surface area contributed by atoms with Gasteiger partial charge < -0.3 is 18.9 Å². The van der Waals surface area contributed by atoms with Gasteiger partial charge in [-0.2, -0.15) is 5.10 Å². The van der Waals surface area contributed by atoms with Crippen molar-refractivity contribution in [3.05, 3.63) is 71.2 Å². The van der Waals surface area contributed by atoms with Crippen LogP contribution < -0.4 is 0 Å². The number of aromatic amines is 1. The van der Waals surface area contributed by atoms with Gasteiger partial charge in [0.05, 0.1) is 29.6 Å². The molecule has 12 heteroatoms. The second kappa shape index (κ2) is 7.02. The lowest BCUT2D eigenvalue weighted by Gasteiger charge is -2.32. The molecular formula is C20H16ClN9O2. The van der Waals surface area contributed by atoms with Crippen molar-refractivity contribution in [2.45, 2.75) is 12.5 Å². The molecule has 1 aliphatic heterocycles. The number of hydrogen-bond acceptors (Lipinski definition) is 7. The molecule has 0 radical (unpaired) electrons. The van der Waals surface area contributed by atoms with Crippen LogP contribution in [0.2, 0.25) is 5.15 Å². The summed E-state index contributed by atoms with van der Waals surface area (Å²) >= 11 is 6.30. The van der Waals surface area contributed by atoms with Gasteiger partial charge in [0.1, 0.15) is 16.9 Å². The SMILES string of the molecule is Cn1cnc(-c2nnc(C(=O)N3CCc4[nH]cnc4[C@@H]3c3cc4cccc(Cl)n4n3)o2)c1. The molecule has 160 valence electrons. The van der Waals surface area contributed by atoms with E-state index in [1.54, 1.807) is 38.9 Å². The minimum atomic E-state index is -0.529. The van der Waals surface area contributed by atoms with E-state index in [1.807, 2.05) is 25.2 Å². The third-order valence-electron chi connectivity index (χ3n) is 5.46. The van der Waals surface area contributed by atoms with Crippen LogP contribution in [-0.4, -0.2) is 56.7 Å². The molecule has 1 aliphatic rings. The van der Waals surface area contributed by atoms with Gasteiger partial charge in [-0.05, 0) is 18.2 Å². The average molecular weight is 450 g/mol. The lowest BCUT2D eigenvalue weighted by Crippen LogP contribution is -2.41. The maximum absolute atomic E-state index is 13.5. The van der Waals surface area contributed by atoms with Crippen molar-refractivity contribution in [3.8, 4) is 11.6 Å². The van der Waals surface area contributed by atoms with Crippen molar-refractivity contribution in [1.82, 2.24) is 44.2 Å². The van der Waals surface area contributed by atoms with E-state index in [4.69, 9.17) is 16.0 Å². The summed E-state index contributed by atoms with van der Waals surface area (Å²) in [7, 11) is 1.83. The summed E-state index contributed by atoms with van der Waals surface area (Å²) in [5.74, 6) is -0.333. The third kappa shape index (κ3) is 2.89. The second-order valence-corrected chi connectivity index (χ2v) is 7.90. The first kappa shape index (κ1) is 18.8. The highest BCUT2D eigenvalue weighted by Crippen LogP contribution is 2.34. The molecule has 0 saturated carbocycles. The van der Waals surface area contributed by atoms with Crippen molar-refractivity contribution in [1.29, 1.82) is 0 Å². The number of imidazole rings is 2. The first-order valence-corrected chi connectivity index (χ1v) is 10.3. The zero-order chi connectivity index (χ0) is 21.8. The van der Waals surface area contributed by atoms with Gasteiger partial charge in [0.15, 0.2) is 0 Å². The number of carbonyl (C=O) groups is 1. The third-order valence-corrected chi connectivity index (χ3v) is 5.74. The Morgan fingerprint density at radius 3 is 3.00 bits per heavy atom. The Labute approximate surface area is 185 Å². The van der Waals surface area contributed by atoms with Crippen molar-refractivity contribution >= 4 is 23.0 Å². The normalized spacial score (nSPS) is 15.9. The molecule has 0 spiro atoms. The molecule has 1 amide bonds. The summed E-state index contributed by atoms with van der Waals surface area (Å²) < 4.78 is 9.06. The number of aromatic nitrogens is 8. The number of rotatable bonds is 3. The van der Waals surface area contributed by atoms with Crippen molar-refractivity contribution in [2.24, 2.45) is 7.05 Å². The summed E-state index contributed by atoms with van der Waals surface area (Å²) in [6.07, 6.45) is 5.60. The highest BCUT2D eigenvalue weighted by molar-refractivity contribution is 6.29. The van der Waals surface area contributed by atoms with E-state index < -0.39 is 11.9 Å². The minimum Gasteiger partial charge on any atom is -0.411 e. The van der Waals surface area contributed by atoms with Gasteiger partial charge in [-0.15, -0.1) is 10.2 Å². The quantitative estimate of drug-likeness (QED) is 0.419. The number of nitrogens with zero attached hydrogens (tertiary/aromatic N) is 8. The Morgan fingerprint density at radius 1 is 1.28 bits per heavy atom. The predicted octanol–water partition coefficient (Wildman–Crippen LogP) is 2.28. The van der Waals surface area contributed by atoms with E-state index in [2.05, 4.69) is 30.2 Å². The number of pyridine rings is 1. The van der Waals surface area contributed by atoms with Crippen LogP contribution in [0, 0.1) is 0 Å². The summed E-state index contributed by atoms with van der Waals surface area (Å²) in [5.41, 5.74) is 3.65. The molecule has 0 saturated heterocycles. The second-order valence-electron chi connectivity index (χ2n) is 7.51. The standard InChI is InChI=1S/C20H16ClN9O2/c1-28-8-14(24-10-28)18-25-26-19(32-18)20(31)29-6-5-12-16(23-9-22-12)17(29)13-7-11-3-2-4-15(21)30(11)27-13/h2-4,7-10,17H,5-6H2,1H3,(H,22,23)/t17-/m0/s1. The van der Waals surface area contributed by atoms with Gasteiger partial charge in [-0.3, -0.25) is 4.79 Å². The average Bonchev–Trinajstić information content (AvgIpc) is 3.57. The first-order valence-electron chi connectivity index (χ1n) is 9.87. The van der Waals surface area contributed by atoms with Crippen LogP contribution >= 0.6 is 11.6 Å². The Morgan fingerprint density at radius 2 is 2.19 bits per heavy atom. The molecule has 6 rings (SSSR count). The number of aryl methyl sites for hydroxylation is 1. The number of H-pyrrole nitrogens is 1. The number of hydrogen-bond donors (Lipinski definition) is 1. The monoisotopic (exact) mass is 449 g/mol. The van der Waals surface area contributed by atoms with Gasteiger partial charge >= 0.3 is 11.8 Å². The van der Waals surface area contributed by atoms with Gasteiger partial charge in [0.25, 0.3) is 5.89 Å². The molecule has 0 unspecified atom stereocenters. The lowest BCUT2D eigenvalue weighted by molar-refractivity contribution is 0.0646.